The van der Waals surface area contributed by atoms with Crippen LogP contribution in [-0.4, -0.2) is 25.2 Å². The van der Waals surface area contributed by atoms with Crippen LogP contribution in [0.25, 0.3) is 10.8 Å². The van der Waals surface area contributed by atoms with E-state index in [2.05, 4.69) is 0 Å². The van der Waals surface area contributed by atoms with Crippen LogP contribution in [0.15, 0.2) is 24.3 Å². The number of hydrogen-bond donors (Lipinski definition) is 0. The Hall–Kier alpha value is -2.76. The Balaban J connectivity index is 2.26. The lowest BCUT2D eigenvalue weighted by Crippen LogP contribution is -2.19. The van der Waals surface area contributed by atoms with Gasteiger partial charge in [-0.3, -0.25) is 9.59 Å². The molecule has 0 bridgehead atoms. The predicted octanol–water partition coefficient (Wildman–Crippen LogP) is 3.24. The van der Waals surface area contributed by atoms with Gasteiger partial charge in [0.2, 0.25) is 11.5 Å². The van der Waals surface area contributed by atoms with Gasteiger partial charge in [-0.05, 0) is 0 Å². The third kappa shape index (κ3) is 2.87. The summed E-state index contributed by atoms with van der Waals surface area (Å²) in [5, 5.41) is 1.25. The van der Waals surface area contributed by atoms with Crippen LogP contribution in [0, 0.1) is 0 Å². The molecule has 6 heteroatoms. The average Bonchev–Trinajstić information content (AvgIpc) is 2.63. The zero-order chi connectivity index (χ0) is 17.1. The first-order valence-electron chi connectivity index (χ1n) is 7.91. The Labute approximate surface area is 139 Å². The van der Waals surface area contributed by atoms with Crippen molar-refractivity contribution in [1.82, 2.24) is 0 Å². The number of hydrogen-bond acceptors (Lipinski definition) is 6. The van der Waals surface area contributed by atoms with Crippen molar-refractivity contribution < 1.29 is 28.5 Å². The highest BCUT2D eigenvalue weighted by atomic mass is 16.6. The summed E-state index contributed by atoms with van der Waals surface area (Å²) >= 11 is 0. The lowest BCUT2D eigenvalue weighted by molar-refractivity contribution is -0.135. The summed E-state index contributed by atoms with van der Waals surface area (Å²) in [6, 6.07) is 7.20. The molecule has 0 amide bonds. The lowest BCUT2D eigenvalue weighted by Gasteiger charge is -2.24. The summed E-state index contributed by atoms with van der Waals surface area (Å²) in [5.74, 6) is 0.415. The largest absolute Gasteiger partial charge is 0.483 e. The normalized spacial score (nSPS) is 12.8. The third-order valence-electron chi connectivity index (χ3n) is 3.62. The predicted molar refractivity (Wildman–Crippen MR) is 86.8 cm³/mol. The highest BCUT2D eigenvalue weighted by Gasteiger charge is 2.29. The van der Waals surface area contributed by atoms with Crippen molar-refractivity contribution >= 4 is 22.7 Å². The number of rotatable bonds is 4. The fourth-order valence-electron chi connectivity index (χ4n) is 2.45. The molecule has 2 aromatic carbocycles. The second-order valence-electron chi connectivity index (χ2n) is 5.21. The van der Waals surface area contributed by atoms with E-state index in [-0.39, 0.29) is 24.8 Å². The smallest absolute Gasteiger partial charge is 0.311 e. The Morgan fingerprint density at radius 3 is 1.67 bits per heavy atom. The molecule has 0 N–H and O–H groups in total. The van der Waals surface area contributed by atoms with Gasteiger partial charge in [-0.1, -0.05) is 38.1 Å². The Morgan fingerprint density at radius 1 is 0.875 bits per heavy atom. The van der Waals surface area contributed by atoms with Crippen molar-refractivity contribution in [2.24, 2.45) is 0 Å². The molecule has 0 atom stereocenters. The van der Waals surface area contributed by atoms with Crippen molar-refractivity contribution in [1.29, 1.82) is 0 Å². The molecular formula is C18H18O6. The van der Waals surface area contributed by atoms with E-state index in [1.54, 1.807) is 26.0 Å². The molecule has 0 spiro atoms. The van der Waals surface area contributed by atoms with Gasteiger partial charge in [-0.15, -0.1) is 0 Å². The van der Waals surface area contributed by atoms with Crippen LogP contribution in [0.2, 0.25) is 0 Å². The highest BCUT2D eigenvalue weighted by molar-refractivity contribution is 6.01. The summed E-state index contributed by atoms with van der Waals surface area (Å²) < 4.78 is 22.3. The first kappa shape index (κ1) is 16.1. The monoisotopic (exact) mass is 330 g/mol. The maximum Gasteiger partial charge on any atom is 0.311 e. The molecule has 3 rings (SSSR count). The fourth-order valence-corrected chi connectivity index (χ4v) is 2.45. The molecule has 24 heavy (non-hydrogen) atoms. The van der Waals surface area contributed by atoms with Crippen LogP contribution in [0.5, 0.6) is 23.0 Å². The van der Waals surface area contributed by atoms with Crippen LogP contribution in [0.1, 0.15) is 26.7 Å². The van der Waals surface area contributed by atoms with Gasteiger partial charge in [0.25, 0.3) is 0 Å². The van der Waals surface area contributed by atoms with Crippen molar-refractivity contribution in [3.63, 3.8) is 0 Å². The van der Waals surface area contributed by atoms with Crippen molar-refractivity contribution in [2.45, 2.75) is 26.7 Å². The number of benzene rings is 2. The Morgan fingerprint density at radius 2 is 1.29 bits per heavy atom. The molecule has 1 aliphatic heterocycles. The van der Waals surface area contributed by atoms with Gasteiger partial charge in [0, 0.05) is 23.6 Å². The van der Waals surface area contributed by atoms with E-state index < -0.39 is 0 Å². The molecule has 0 radical (unpaired) electrons. The number of ether oxygens (including phenoxy) is 4. The topological polar surface area (TPSA) is 71.1 Å². The minimum absolute atomic E-state index is 0.233. The van der Waals surface area contributed by atoms with Gasteiger partial charge in [-0.25, -0.2) is 0 Å². The van der Waals surface area contributed by atoms with E-state index >= 15 is 0 Å². The van der Waals surface area contributed by atoms with E-state index in [1.165, 1.54) is 0 Å². The summed E-state index contributed by atoms with van der Waals surface area (Å²) in [6.07, 6.45) is 0.465. The quantitative estimate of drug-likeness (QED) is 0.633. The number of esters is 2. The molecule has 126 valence electrons. The van der Waals surface area contributed by atoms with E-state index in [9.17, 15) is 9.59 Å². The average molecular weight is 330 g/mol. The van der Waals surface area contributed by atoms with Gasteiger partial charge in [-0.2, -0.15) is 0 Å². The number of fused-ring (bicyclic) bond motifs is 2. The van der Waals surface area contributed by atoms with Gasteiger partial charge in [0.1, 0.15) is 13.2 Å². The van der Waals surface area contributed by atoms with Crippen LogP contribution in [0.4, 0.5) is 0 Å². The molecule has 2 aromatic rings. The summed E-state index contributed by atoms with van der Waals surface area (Å²) in [6.45, 7) is 4.07. The van der Waals surface area contributed by atoms with Gasteiger partial charge in [0.15, 0.2) is 11.5 Å². The standard InChI is InChI=1S/C18H18O6/c1-3-13(19)23-15-11-7-5-6-8-12(11)16(24-14(20)4-2)18-17(15)21-9-10-22-18/h5-8H,3-4,9-10H2,1-2H3. The number of carbonyl (C=O) groups excluding carboxylic acids is 2. The molecule has 1 aliphatic rings. The first-order chi connectivity index (χ1) is 11.7. The van der Waals surface area contributed by atoms with Gasteiger partial charge >= 0.3 is 11.9 Å². The van der Waals surface area contributed by atoms with Crippen molar-refractivity contribution in [3.8, 4) is 23.0 Å². The van der Waals surface area contributed by atoms with Crippen LogP contribution in [-0.2, 0) is 9.59 Å². The van der Waals surface area contributed by atoms with Crippen LogP contribution < -0.4 is 18.9 Å². The minimum atomic E-state index is -0.380. The zero-order valence-electron chi connectivity index (χ0n) is 13.6. The molecule has 0 saturated carbocycles. The van der Waals surface area contributed by atoms with Gasteiger partial charge < -0.3 is 18.9 Å². The second-order valence-corrected chi connectivity index (χ2v) is 5.21. The van der Waals surface area contributed by atoms with E-state index in [0.717, 1.165) is 0 Å². The maximum atomic E-state index is 11.8. The summed E-state index contributed by atoms with van der Waals surface area (Å²) in [4.78, 5) is 23.6. The molecule has 0 fully saturated rings. The first-order valence-corrected chi connectivity index (χ1v) is 7.91. The molecular weight excluding hydrogens is 312 g/mol. The molecule has 1 heterocycles. The molecule has 6 nitrogen and oxygen atoms in total. The Kier molecular flexibility index (Phi) is 4.55. The maximum absolute atomic E-state index is 11.8. The molecule has 0 aromatic heterocycles. The van der Waals surface area contributed by atoms with Crippen LogP contribution in [0.3, 0.4) is 0 Å². The molecule has 0 unspecified atom stereocenters. The van der Waals surface area contributed by atoms with E-state index in [0.29, 0.717) is 47.0 Å². The zero-order valence-corrected chi connectivity index (χ0v) is 13.6. The SMILES string of the molecule is CCC(=O)Oc1c2c(c(OC(=O)CC)c3ccccc13)OCCO2. The van der Waals surface area contributed by atoms with Gasteiger partial charge in [0.05, 0.1) is 0 Å². The highest BCUT2D eigenvalue weighted by Crippen LogP contribution is 2.52. The molecule has 0 aliphatic carbocycles. The lowest BCUT2D eigenvalue weighted by atomic mass is 10.1. The number of carbonyl (C=O) groups is 2. The molecule has 0 saturated heterocycles. The van der Waals surface area contributed by atoms with E-state index in [1.807, 2.05) is 12.1 Å². The van der Waals surface area contributed by atoms with E-state index in [4.69, 9.17) is 18.9 Å². The van der Waals surface area contributed by atoms with Crippen molar-refractivity contribution in [2.75, 3.05) is 13.2 Å². The fraction of sp³-hybridized carbons (Fsp3) is 0.333. The van der Waals surface area contributed by atoms with Crippen LogP contribution >= 0.6 is 0 Å². The summed E-state index contributed by atoms with van der Waals surface area (Å²) in [7, 11) is 0. The summed E-state index contributed by atoms with van der Waals surface area (Å²) in [5.41, 5.74) is 0. The van der Waals surface area contributed by atoms with Crippen molar-refractivity contribution in [3.05, 3.63) is 24.3 Å². The minimum Gasteiger partial charge on any atom is -0.483 e. The Bertz CT molecular complexity index is 729. The third-order valence-corrected chi connectivity index (χ3v) is 3.62. The second kappa shape index (κ2) is 6.78.